The van der Waals surface area contributed by atoms with E-state index in [4.69, 9.17) is 19.2 Å². The van der Waals surface area contributed by atoms with E-state index in [0.717, 1.165) is 50.1 Å². The van der Waals surface area contributed by atoms with E-state index in [0.29, 0.717) is 37.9 Å². The second-order valence-electron chi connectivity index (χ2n) is 16.8. The zero-order valence-corrected chi connectivity index (χ0v) is 35.4. The van der Waals surface area contributed by atoms with Crippen LogP contribution in [-0.2, 0) is 49.6 Å². The number of aliphatic hydroxyl groups is 1. The van der Waals surface area contributed by atoms with E-state index >= 15 is 0 Å². The number of aliphatic hydroxyl groups excluding tert-OH is 1. The monoisotopic (exact) mass is 801 g/mol. The predicted octanol–water partition coefficient (Wildman–Crippen LogP) is 7.28. The number of carbonyl (C=O) groups excluding carboxylic acids is 3. The van der Waals surface area contributed by atoms with Gasteiger partial charge in [0.25, 0.3) is 5.91 Å². The number of aromatic nitrogens is 2. The highest BCUT2D eigenvalue weighted by molar-refractivity contribution is 5.95. The third-order valence-corrected chi connectivity index (χ3v) is 10.5. The van der Waals surface area contributed by atoms with Gasteiger partial charge in [-0.3, -0.25) is 24.0 Å². The van der Waals surface area contributed by atoms with E-state index in [1.807, 2.05) is 51.1 Å². The second-order valence-corrected chi connectivity index (χ2v) is 16.8. The first kappa shape index (κ1) is 44.3. The molecule has 2 aromatic carbocycles. The standard InChI is InChI=1S/C45H60FN5O7/c1-10-50-38-16-15-31(25-34(38)35(26-45(6,7)27-52)40(50)33-13-11-19-47-39(33)28(2)56-8)32-22-29(17-18-46)21-30(23-32)24-37(48-43(55)58-44(3,4)5)41(53)51-20-12-14-36(49-51)42(54)57-9/h11,13,15-16,19,21-23,25,28,36-37,49,52H,10,12,14,17-18,20,24,26-27H2,1-9H3,(H,48,55)/t28-,36-,37-/m0/s1. The summed E-state index contributed by atoms with van der Waals surface area (Å²) in [6.45, 7) is 13.8. The van der Waals surface area contributed by atoms with Crippen molar-refractivity contribution in [2.45, 2.75) is 111 Å². The molecule has 0 spiro atoms. The van der Waals surface area contributed by atoms with E-state index in [-0.39, 0.29) is 25.6 Å². The number of esters is 1. The molecule has 1 aliphatic rings. The number of nitrogens with zero attached hydrogens (tertiary/aromatic N) is 3. The lowest BCUT2D eigenvalue weighted by Crippen LogP contribution is -2.60. The first-order valence-electron chi connectivity index (χ1n) is 20.1. The minimum atomic E-state index is -1.08. The number of hydrogen-bond donors (Lipinski definition) is 3. The Labute approximate surface area is 341 Å². The summed E-state index contributed by atoms with van der Waals surface area (Å²) in [5, 5.41) is 15.6. The van der Waals surface area contributed by atoms with Crippen molar-refractivity contribution in [2.24, 2.45) is 5.41 Å². The van der Waals surface area contributed by atoms with Crippen molar-refractivity contribution in [1.82, 2.24) is 25.3 Å². The van der Waals surface area contributed by atoms with Crippen LogP contribution in [0.4, 0.5) is 9.18 Å². The number of alkyl carbamates (subject to hydrolysis) is 1. The fourth-order valence-corrected chi connectivity index (χ4v) is 7.64. The highest BCUT2D eigenvalue weighted by atomic mass is 19.1. The molecule has 4 aromatic rings. The SMILES string of the molecule is CCn1c(-c2cccnc2[C@H](C)OC)c(CC(C)(C)CO)c2cc(-c3cc(CCF)cc(C[C@H](NC(=O)OC(C)(C)C)C(=O)N4CCC[C@@H](C(=O)OC)N4)c3)ccc21. The molecular formula is C45H60FN5O7. The van der Waals surface area contributed by atoms with Gasteiger partial charge in [0.1, 0.15) is 17.7 Å². The van der Waals surface area contributed by atoms with E-state index in [1.165, 1.54) is 12.1 Å². The number of methoxy groups -OCH3 is 2. The van der Waals surface area contributed by atoms with Crippen LogP contribution in [0.2, 0.25) is 0 Å². The van der Waals surface area contributed by atoms with Crippen LogP contribution in [0.3, 0.4) is 0 Å². The summed E-state index contributed by atoms with van der Waals surface area (Å²) in [6.07, 6.45) is 2.62. The number of rotatable bonds is 15. The van der Waals surface area contributed by atoms with Crippen LogP contribution < -0.4 is 10.7 Å². The Kier molecular flexibility index (Phi) is 14.4. The molecule has 5 rings (SSSR count). The molecule has 2 amide bonds. The Morgan fingerprint density at radius 1 is 1.05 bits per heavy atom. The topological polar surface area (TPSA) is 144 Å². The van der Waals surface area contributed by atoms with Gasteiger partial charge in [0, 0.05) is 62.3 Å². The number of hydrazine groups is 1. The molecule has 13 heteroatoms. The molecule has 1 aliphatic heterocycles. The minimum Gasteiger partial charge on any atom is -0.468 e. The number of alkyl halides is 1. The minimum absolute atomic E-state index is 0.0125. The van der Waals surface area contributed by atoms with Crippen LogP contribution >= 0.6 is 0 Å². The Morgan fingerprint density at radius 3 is 2.45 bits per heavy atom. The molecule has 314 valence electrons. The second kappa shape index (κ2) is 18.8. The number of halogens is 1. The van der Waals surface area contributed by atoms with Gasteiger partial charge in [-0.15, -0.1) is 0 Å². The molecule has 1 saturated heterocycles. The van der Waals surface area contributed by atoms with Gasteiger partial charge in [-0.05, 0) is 111 Å². The largest absolute Gasteiger partial charge is 0.468 e. The number of benzene rings is 2. The first-order chi connectivity index (χ1) is 27.5. The Bertz CT molecular complexity index is 2090. The van der Waals surface area contributed by atoms with Crippen LogP contribution in [-0.4, -0.2) is 89.4 Å². The number of aryl methyl sites for hydroxylation is 2. The fraction of sp³-hybridized carbons (Fsp3) is 0.511. The summed E-state index contributed by atoms with van der Waals surface area (Å²) in [6, 6.07) is 14.3. The zero-order valence-electron chi connectivity index (χ0n) is 35.4. The number of ether oxygens (including phenoxy) is 3. The molecule has 0 unspecified atom stereocenters. The molecule has 12 nitrogen and oxygen atoms in total. The smallest absolute Gasteiger partial charge is 0.408 e. The molecule has 3 heterocycles. The molecule has 3 atom stereocenters. The number of nitrogens with one attached hydrogen (secondary N) is 2. The third kappa shape index (κ3) is 10.4. The summed E-state index contributed by atoms with van der Waals surface area (Å²) in [5.74, 6) is -0.926. The molecular weight excluding hydrogens is 742 g/mol. The van der Waals surface area contributed by atoms with Crippen molar-refractivity contribution >= 4 is 28.9 Å². The quantitative estimate of drug-likeness (QED) is 0.106. The normalized spacial score (nSPS) is 15.9. The molecule has 1 fully saturated rings. The predicted molar refractivity (Wildman–Crippen MR) is 223 cm³/mol. The Hall–Kier alpha value is -4.85. The van der Waals surface area contributed by atoms with Gasteiger partial charge in [0.15, 0.2) is 0 Å². The number of hydrogen-bond acceptors (Lipinski definition) is 9. The van der Waals surface area contributed by atoms with Crippen LogP contribution in [0.25, 0.3) is 33.3 Å². The van der Waals surface area contributed by atoms with Crippen LogP contribution in [0.1, 0.15) is 89.8 Å². The molecule has 3 N–H and O–H groups in total. The highest BCUT2D eigenvalue weighted by Crippen LogP contribution is 2.41. The van der Waals surface area contributed by atoms with E-state index < -0.39 is 47.7 Å². The average Bonchev–Trinajstić information content (AvgIpc) is 3.50. The molecule has 0 saturated carbocycles. The molecule has 58 heavy (non-hydrogen) atoms. The van der Waals surface area contributed by atoms with Gasteiger partial charge in [-0.2, -0.15) is 0 Å². The van der Waals surface area contributed by atoms with E-state index in [2.05, 4.69) is 40.4 Å². The summed E-state index contributed by atoms with van der Waals surface area (Å²) in [5.41, 5.74) is 9.77. The lowest BCUT2D eigenvalue weighted by molar-refractivity contribution is -0.150. The van der Waals surface area contributed by atoms with Gasteiger partial charge in [-0.25, -0.2) is 10.2 Å². The maximum absolute atomic E-state index is 14.2. The Morgan fingerprint density at radius 2 is 1.79 bits per heavy atom. The van der Waals surface area contributed by atoms with Crippen LogP contribution in [0, 0.1) is 5.41 Å². The van der Waals surface area contributed by atoms with Crippen LogP contribution in [0.5, 0.6) is 0 Å². The zero-order chi connectivity index (χ0) is 42.4. The van der Waals surface area contributed by atoms with Gasteiger partial charge in [-0.1, -0.05) is 38.1 Å². The number of carbonyl (C=O) groups is 3. The Balaban J connectivity index is 1.63. The summed E-state index contributed by atoms with van der Waals surface area (Å²) in [4.78, 5) is 44.4. The molecule has 0 bridgehead atoms. The van der Waals surface area contributed by atoms with Crippen molar-refractivity contribution in [3.63, 3.8) is 0 Å². The molecule has 0 radical (unpaired) electrons. The van der Waals surface area contributed by atoms with E-state index in [1.54, 1.807) is 34.1 Å². The van der Waals surface area contributed by atoms with Gasteiger partial charge in [0.2, 0.25) is 0 Å². The summed E-state index contributed by atoms with van der Waals surface area (Å²) >= 11 is 0. The fourth-order valence-electron chi connectivity index (χ4n) is 7.64. The van der Waals surface area contributed by atoms with Gasteiger partial charge < -0.3 is 29.2 Å². The summed E-state index contributed by atoms with van der Waals surface area (Å²) < 4.78 is 32.6. The van der Waals surface area contributed by atoms with Gasteiger partial charge >= 0.3 is 12.1 Å². The molecule has 2 aromatic heterocycles. The van der Waals surface area contributed by atoms with Crippen LogP contribution in [0.15, 0.2) is 54.7 Å². The number of pyridine rings is 1. The lowest BCUT2D eigenvalue weighted by atomic mass is 9.84. The number of fused-ring (bicyclic) bond motifs is 1. The summed E-state index contributed by atoms with van der Waals surface area (Å²) in [7, 11) is 2.97. The highest BCUT2D eigenvalue weighted by Gasteiger charge is 2.34. The maximum atomic E-state index is 14.2. The van der Waals surface area contributed by atoms with Crippen molar-refractivity contribution in [2.75, 3.05) is 34.0 Å². The lowest BCUT2D eigenvalue weighted by Gasteiger charge is -2.35. The van der Waals surface area contributed by atoms with Crippen molar-refractivity contribution < 1.29 is 38.1 Å². The average molecular weight is 802 g/mol. The number of amides is 2. The van der Waals surface area contributed by atoms with Crippen molar-refractivity contribution in [1.29, 1.82) is 0 Å². The first-order valence-corrected chi connectivity index (χ1v) is 20.1. The molecule has 0 aliphatic carbocycles. The van der Waals surface area contributed by atoms with Gasteiger partial charge in [0.05, 0.1) is 31.3 Å². The van der Waals surface area contributed by atoms with E-state index in [9.17, 15) is 23.9 Å². The third-order valence-electron chi connectivity index (χ3n) is 10.5. The van der Waals surface area contributed by atoms with Crippen molar-refractivity contribution in [3.8, 4) is 22.4 Å². The maximum Gasteiger partial charge on any atom is 0.408 e. The van der Waals surface area contributed by atoms with Crippen molar-refractivity contribution in [3.05, 3.63) is 77.1 Å².